The molecule has 1 fully saturated rings. The summed E-state index contributed by atoms with van der Waals surface area (Å²) >= 11 is 1.95. The fourth-order valence-corrected chi connectivity index (χ4v) is 3.06. The Hall–Kier alpha value is -1.20. The third-order valence-corrected chi connectivity index (χ3v) is 4.28. The van der Waals surface area contributed by atoms with E-state index in [1.54, 1.807) is 6.07 Å². The molecule has 1 atom stereocenters. The van der Waals surface area contributed by atoms with Crippen molar-refractivity contribution in [1.82, 2.24) is 4.90 Å². The zero-order valence-electron chi connectivity index (χ0n) is 10.6. The van der Waals surface area contributed by atoms with Crippen molar-refractivity contribution in [3.8, 4) is 0 Å². The first-order valence-electron chi connectivity index (χ1n) is 6.13. The van der Waals surface area contributed by atoms with E-state index in [1.807, 2.05) is 30.0 Å². The molecule has 18 heavy (non-hydrogen) atoms. The summed E-state index contributed by atoms with van der Waals surface area (Å²) in [5.41, 5.74) is 7.10. The number of hydrogen-bond acceptors (Lipinski definition) is 4. The maximum Gasteiger partial charge on any atom is 0.238 e. The highest BCUT2D eigenvalue weighted by Crippen LogP contribution is 2.18. The maximum atomic E-state index is 12.0. The highest BCUT2D eigenvalue weighted by molar-refractivity contribution is 7.99. The molecule has 1 amide bonds. The number of carbonyl (C=O) groups is 1. The van der Waals surface area contributed by atoms with Gasteiger partial charge in [-0.2, -0.15) is 11.8 Å². The molecule has 0 bridgehead atoms. The molecule has 3 N–H and O–H groups in total. The van der Waals surface area contributed by atoms with E-state index < -0.39 is 0 Å². The average molecular weight is 265 g/mol. The van der Waals surface area contributed by atoms with Crippen LogP contribution in [-0.4, -0.2) is 41.4 Å². The lowest BCUT2D eigenvalue weighted by atomic mass is 10.2. The Morgan fingerprint density at radius 2 is 2.33 bits per heavy atom. The molecule has 1 aliphatic heterocycles. The minimum Gasteiger partial charge on any atom is -0.397 e. The maximum absolute atomic E-state index is 12.0. The molecule has 0 radical (unpaired) electrons. The van der Waals surface area contributed by atoms with Gasteiger partial charge >= 0.3 is 0 Å². The molecule has 1 unspecified atom stereocenters. The van der Waals surface area contributed by atoms with Crippen molar-refractivity contribution >= 4 is 29.0 Å². The first-order chi connectivity index (χ1) is 8.66. The molecular formula is C13H19N3OS. The SMILES string of the molecule is CC1CSCCN1CC(=O)Nc1ccccc1N. The van der Waals surface area contributed by atoms with Crippen LogP contribution in [0.4, 0.5) is 11.4 Å². The smallest absolute Gasteiger partial charge is 0.238 e. The van der Waals surface area contributed by atoms with E-state index in [9.17, 15) is 4.79 Å². The van der Waals surface area contributed by atoms with Crippen molar-refractivity contribution in [2.24, 2.45) is 0 Å². The van der Waals surface area contributed by atoms with Gasteiger partial charge in [-0.15, -0.1) is 0 Å². The number of para-hydroxylation sites is 2. The molecule has 0 saturated carbocycles. The number of thioether (sulfide) groups is 1. The van der Waals surface area contributed by atoms with Crippen LogP contribution in [0.1, 0.15) is 6.92 Å². The highest BCUT2D eigenvalue weighted by atomic mass is 32.2. The Bertz CT molecular complexity index is 424. The second kappa shape index (κ2) is 6.11. The number of carbonyl (C=O) groups excluding carboxylic acids is 1. The monoisotopic (exact) mass is 265 g/mol. The van der Waals surface area contributed by atoms with Gasteiger partial charge in [-0.05, 0) is 19.1 Å². The molecule has 98 valence electrons. The number of nitrogens with two attached hydrogens (primary N) is 1. The van der Waals surface area contributed by atoms with Gasteiger partial charge in [-0.1, -0.05) is 12.1 Å². The predicted molar refractivity (Wildman–Crippen MR) is 77.8 cm³/mol. The summed E-state index contributed by atoms with van der Waals surface area (Å²) in [6.07, 6.45) is 0. The molecule has 1 saturated heterocycles. The van der Waals surface area contributed by atoms with Gasteiger partial charge in [0.25, 0.3) is 0 Å². The van der Waals surface area contributed by atoms with Crippen LogP contribution < -0.4 is 11.1 Å². The van der Waals surface area contributed by atoms with E-state index in [-0.39, 0.29) is 5.91 Å². The Morgan fingerprint density at radius 1 is 1.56 bits per heavy atom. The van der Waals surface area contributed by atoms with Crippen LogP contribution in [0.5, 0.6) is 0 Å². The van der Waals surface area contributed by atoms with Crippen molar-refractivity contribution < 1.29 is 4.79 Å². The van der Waals surface area contributed by atoms with Gasteiger partial charge < -0.3 is 11.1 Å². The molecule has 1 aromatic carbocycles. The van der Waals surface area contributed by atoms with E-state index in [0.717, 1.165) is 18.1 Å². The Kier molecular flexibility index (Phi) is 4.49. The lowest BCUT2D eigenvalue weighted by molar-refractivity contribution is -0.117. The van der Waals surface area contributed by atoms with Crippen LogP contribution in [0.2, 0.25) is 0 Å². The number of nitrogens with zero attached hydrogens (tertiary/aromatic N) is 1. The normalized spacial score (nSPS) is 20.6. The summed E-state index contributed by atoms with van der Waals surface area (Å²) in [7, 11) is 0. The van der Waals surface area contributed by atoms with Gasteiger partial charge in [-0.3, -0.25) is 9.69 Å². The fraction of sp³-hybridized carbons (Fsp3) is 0.462. The van der Waals surface area contributed by atoms with Crippen LogP contribution in [-0.2, 0) is 4.79 Å². The molecular weight excluding hydrogens is 246 g/mol. The minimum absolute atomic E-state index is 0.00616. The number of amides is 1. The van der Waals surface area contributed by atoms with Gasteiger partial charge in [0.2, 0.25) is 5.91 Å². The molecule has 1 heterocycles. The zero-order valence-corrected chi connectivity index (χ0v) is 11.4. The van der Waals surface area contributed by atoms with Crippen LogP contribution >= 0.6 is 11.8 Å². The Morgan fingerprint density at radius 3 is 3.06 bits per heavy atom. The number of nitrogen functional groups attached to an aromatic ring is 1. The number of benzene rings is 1. The number of nitrogens with one attached hydrogen (secondary N) is 1. The third-order valence-electron chi connectivity index (χ3n) is 3.09. The summed E-state index contributed by atoms with van der Waals surface area (Å²) in [6, 6.07) is 7.79. The highest BCUT2D eigenvalue weighted by Gasteiger charge is 2.20. The van der Waals surface area contributed by atoms with Crippen molar-refractivity contribution in [2.75, 3.05) is 35.6 Å². The standard InChI is InChI=1S/C13H19N3OS/c1-10-9-18-7-6-16(10)8-13(17)15-12-5-3-2-4-11(12)14/h2-5,10H,6-9,14H2,1H3,(H,15,17). The topological polar surface area (TPSA) is 58.4 Å². The number of hydrogen-bond donors (Lipinski definition) is 2. The van der Waals surface area contributed by atoms with E-state index >= 15 is 0 Å². The van der Waals surface area contributed by atoms with Crippen molar-refractivity contribution in [3.63, 3.8) is 0 Å². The quantitative estimate of drug-likeness (QED) is 0.816. The second-order valence-electron chi connectivity index (χ2n) is 4.53. The summed E-state index contributed by atoms with van der Waals surface area (Å²) in [6.45, 7) is 3.58. The first-order valence-corrected chi connectivity index (χ1v) is 7.28. The molecule has 0 spiro atoms. The predicted octanol–water partition coefficient (Wildman–Crippen LogP) is 1.64. The molecule has 1 aliphatic rings. The molecule has 4 nitrogen and oxygen atoms in total. The summed E-state index contributed by atoms with van der Waals surface area (Å²) in [4.78, 5) is 14.2. The van der Waals surface area contributed by atoms with Crippen molar-refractivity contribution in [2.45, 2.75) is 13.0 Å². The first kappa shape index (κ1) is 13.2. The summed E-state index contributed by atoms with van der Waals surface area (Å²) < 4.78 is 0. The van der Waals surface area contributed by atoms with E-state index in [0.29, 0.717) is 24.0 Å². The van der Waals surface area contributed by atoms with Gasteiger partial charge in [0, 0.05) is 24.1 Å². The number of anilines is 2. The largest absolute Gasteiger partial charge is 0.397 e. The average Bonchev–Trinajstić information content (AvgIpc) is 2.35. The minimum atomic E-state index is 0.00616. The molecule has 0 aliphatic carbocycles. The van der Waals surface area contributed by atoms with Gasteiger partial charge in [0.05, 0.1) is 17.9 Å². The molecule has 0 aromatic heterocycles. The van der Waals surface area contributed by atoms with Crippen molar-refractivity contribution in [3.05, 3.63) is 24.3 Å². The molecule has 2 rings (SSSR count). The van der Waals surface area contributed by atoms with Crippen LogP contribution in [0.15, 0.2) is 24.3 Å². The van der Waals surface area contributed by atoms with E-state index in [1.165, 1.54) is 0 Å². The molecule has 5 heteroatoms. The Labute approximate surface area is 112 Å². The van der Waals surface area contributed by atoms with Crippen LogP contribution in [0.25, 0.3) is 0 Å². The second-order valence-corrected chi connectivity index (χ2v) is 5.68. The number of rotatable bonds is 3. The zero-order chi connectivity index (χ0) is 13.0. The Balaban J connectivity index is 1.90. The van der Waals surface area contributed by atoms with Crippen LogP contribution in [0.3, 0.4) is 0 Å². The van der Waals surface area contributed by atoms with Crippen LogP contribution in [0, 0.1) is 0 Å². The lowest BCUT2D eigenvalue weighted by Crippen LogP contribution is -2.44. The van der Waals surface area contributed by atoms with Gasteiger partial charge in [0.1, 0.15) is 0 Å². The summed E-state index contributed by atoms with van der Waals surface area (Å²) in [5, 5.41) is 2.87. The van der Waals surface area contributed by atoms with E-state index in [4.69, 9.17) is 5.73 Å². The van der Waals surface area contributed by atoms with E-state index in [2.05, 4.69) is 17.1 Å². The fourth-order valence-electron chi connectivity index (χ4n) is 1.98. The third kappa shape index (κ3) is 3.40. The summed E-state index contributed by atoms with van der Waals surface area (Å²) in [5.74, 6) is 2.21. The lowest BCUT2D eigenvalue weighted by Gasteiger charge is -2.32. The van der Waals surface area contributed by atoms with Crippen molar-refractivity contribution in [1.29, 1.82) is 0 Å². The van der Waals surface area contributed by atoms with Gasteiger partial charge in [-0.25, -0.2) is 0 Å². The van der Waals surface area contributed by atoms with Gasteiger partial charge in [0.15, 0.2) is 0 Å². The molecule has 1 aromatic rings.